The Balaban J connectivity index is 1.62. The first-order valence-electron chi connectivity index (χ1n) is 9.11. The number of hydrogen-bond donors (Lipinski definition) is 0. The van der Waals surface area contributed by atoms with Gasteiger partial charge in [0.15, 0.2) is 0 Å². The molecule has 4 rings (SSSR count). The Kier molecular flexibility index (Phi) is 4.81. The number of rotatable bonds is 5. The quantitative estimate of drug-likeness (QED) is 0.395. The molecule has 0 unspecified atom stereocenters. The summed E-state index contributed by atoms with van der Waals surface area (Å²) in [4.78, 5) is 2.37. The Morgan fingerprint density at radius 3 is 1.96 bits per heavy atom. The highest BCUT2D eigenvalue weighted by Gasteiger charge is 2.09. The Morgan fingerprint density at radius 1 is 0.731 bits per heavy atom. The van der Waals surface area contributed by atoms with Crippen LogP contribution in [0.3, 0.4) is 0 Å². The summed E-state index contributed by atoms with van der Waals surface area (Å²) in [5.74, 6) is 0. The third-order valence-corrected chi connectivity index (χ3v) is 4.84. The average molecular weight is 337 g/mol. The molecular weight excluding hydrogens is 314 g/mol. The van der Waals surface area contributed by atoms with Gasteiger partial charge in [-0.2, -0.15) is 0 Å². The van der Waals surface area contributed by atoms with E-state index >= 15 is 0 Å². The number of fused-ring (bicyclic) bond motifs is 2. The highest BCUT2D eigenvalue weighted by molar-refractivity contribution is 6.02. The van der Waals surface area contributed by atoms with Gasteiger partial charge in [-0.15, -0.1) is 0 Å². The van der Waals surface area contributed by atoms with Crippen molar-refractivity contribution in [2.75, 3.05) is 13.6 Å². The van der Waals surface area contributed by atoms with Crippen molar-refractivity contribution >= 4 is 27.6 Å². The highest BCUT2D eigenvalue weighted by Crippen LogP contribution is 2.29. The van der Waals surface area contributed by atoms with Crippen LogP contribution in [0.1, 0.15) is 11.1 Å². The van der Waals surface area contributed by atoms with Gasteiger partial charge in [0.2, 0.25) is 0 Å². The number of hydrogen-bond acceptors (Lipinski definition) is 1. The van der Waals surface area contributed by atoms with Crippen molar-refractivity contribution in [3.8, 4) is 0 Å². The monoisotopic (exact) mass is 337 g/mol. The minimum Gasteiger partial charge on any atom is -0.298 e. The summed E-state index contributed by atoms with van der Waals surface area (Å²) in [6.07, 6.45) is 4.43. The molecule has 0 radical (unpaired) electrons. The molecule has 4 aromatic rings. The van der Waals surface area contributed by atoms with E-state index in [4.69, 9.17) is 0 Å². The number of likely N-dealkylation sites (N-methyl/N-ethyl adjacent to an activating group) is 1. The van der Waals surface area contributed by atoms with Crippen molar-refractivity contribution < 1.29 is 0 Å². The molecule has 0 heterocycles. The van der Waals surface area contributed by atoms with Gasteiger partial charge in [0, 0.05) is 13.1 Å². The lowest BCUT2D eigenvalue weighted by molar-refractivity contribution is 0.366. The average Bonchev–Trinajstić information content (AvgIpc) is 2.68. The fourth-order valence-corrected chi connectivity index (χ4v) is 3.55. The highest BCUT2D eigenvalue weighted by atomic mass is 15.1. The summed E-state index contributed by atoms with van der Waals surface area (Å²) in [6.45, 7) is 1.85. The standard InChI is InChI=1S/C25H23N/c1-26(17-9-12-20-10-3-2-4-11-20)19-25-23-15-7-5-13-21(23)18-22-14-6-8-16-24(22)25/h2-16,18H,17,19H2,1H3/b12-9+. The van der Waals surface area contributed by atoms with Crippen molar-refractivity contribution in [1.29, 1.82) is 0 Å². The van der Waals surface area contributed by atoms with E-state index in [-0.39, 0.29) is 0 Å². The molecule has 0 aromatic heterocycles. The first kappa shape index (κ1) is 16.6. The maximum Gasteiger partial charge on any atom is 0.0246 e. The van der Waals surface area contributed by atoms with Gasteiger partial charge in [-0.05, 0) is 45.8 Å². The molecule has 128 valence electrons. The molecule has 0 fully saturated rings. The van der Waals surface area contributed by atoms with Crippen molar-refractivity contribution in [3.05, 3.63) is 102 Å². The van der Waals surface area contributed by atoms with E-state index in [2.05, 4.69) is 109 Å². The molecule has 0 saturated heterocycles. The van der Waals surface area contributed by atoms with Gasteiger partial charge in [0.1, 0.15) is 0 Å². The fraction of sp³-hybridized carbons (Fsp3) is 0.120. The van der Waals surface area contributed by atoms with Crippen LogP contribution >= 0.6 is 0 Å². The fourth-order valence-electron chi connectivity index (χ4n) is 3.55. The molecule has 26 heavy (non-hydrogen) atoms. The molecule has 0 atom stereocenters. The van der Waals surface area contributed by atoms with Crippen LogP contribution in [0.5, 0.6) is 0 Å². The third-order valence-electron chi connectivity index (χ3n) is 4.84. The first-order chi connectivity index (χ1) is 12.8. The predicted molar refractivity (Wildman–Crippen MR) is 113 cm³/mol. The summed E-state index contributed by atoms with van der Waals surface area (Å²) in [5, 5.41) is 5.33. The SMILES string of the molecule is CN(C/C=C/c1ccccc1)Cc1c2ccccc2cc2ccccc12. The molecule has 0 saturated carbocycles. The second-order valence-electron chi connectivity index (χ2n) is 6.81. The van der Waals surface area contributed by atoms with Crippen LogP contribution in [0.2, 0.25) is 0 Å². The van der Waals surface area contributed by atoms with Crippen molar-refractivity contribution in [1.82, 2.24) is 4.90 Å². The van der Waals surface area contributed by atoms with Gasteiger partial charge in [0.05, 0.1) is 0 Å². The molecule has 0 spiro atoms. The zero-order chi connectivity index (χ0) is 17.8. The Hall–Kier alpha value is -2.90. The molecule has 0 N–H and O–H groups in total. The van der Waals surface area contributed by atoms with E-state index < -0.39 is 0 Å². The van der Waals surface area contributed by atoms with Gasteiger partial charge in [-0.3, -0.25) is 4.90 Å². The minimum atomic E-state index is 0.923. The number of nitrogens with zero attached hydrogens (tertiary/aromatic N) is 1. The summed E-state index contributed by atoms with van der Waals surface area (Å²) in [5.41, 5.74) is 2.66. The molecule has 0 amide bonds. The zero-order valence-corrected chi connectivity index (χ0v) is 15.1. The topological polar surface area (TPSA) is 3.24 Å². The van der Waals surface area contributed by atoms with E-state index in [1.54, 1.807) is 0 Å². The maximum absolute atomic E-state index is 2.37. The summed E-state index contributed by atoms with van der Waals surface area (Å²) in [7, 11) is 2.19. The van der Waals surface area contributed by atoms with Crippen LogP contribution < -0.4 is 0 Å². The molecule has 4 aromatic carbocycles. The van der Waals surface area contributed by atoms with Crippen LogP contribution in [-0.4, -0.2) is 18.5 Å². The summed E-state index contributed by atoms with van der Waals surface area (Å²) >= 11 is 0. The van der Waals surface area contributed by atoms with E-state index in [9.17, 15) is 0 Å². The molecule has 0 aliphatic heterocycles. The second kappa shape index (κ2) is 7.55. The van der Waals surface area contributed by atoms with Crippen molar-refractivity contribution in [2.24, 2.45) is 0 Å². The molecule has 0 bridgehead atoms. The molecular formula is C25H23N. The first-order valence-corrected chi connectivity index (χ1v) is 9.11. The van der Waals surface area contributed by atoms with Crippen LogP contribution in [-0.2, 0) is 6.54 Å². The summed E-state index contributed by atoms with van der Waals surface area (Å²) < 4.78 is 0. The van der Waals surface area contributed by atoms with Gasteiger partial charge in [-0.25, -0.2) is 0 Å². The van der Waals surface area contributed by atoms with Crippen LogP contribution in [0, 0.1) is 0 Å². The van der Waals surface area contributed by atoms with Crippen molar-refractivity contribution in [3.63, 3.8) is 0 Å². The lowest BCUT2D eigenvalue weighted by atomic mass is 9.96. The molecule has 0 aliphatic rings. The third kappa shape index (κ3) is 3.54. The largest absolute Gasteiger partial charge is 0.298 e. The van der Waals surface area contributed by atoms with Crippen molar-refractivity contribution in [2.45, 2.75) is 6.54 Å². The van der Waals surface area contributed by atoms with Gasteiger partial charge in [-0.1, -0.05) is 91.0 Å². The van der Waals surface area contributed by atoms with E-state index in [0.29, 0.717) is 0 Å². The van der Waals surface area contributed by atoms with Gasteiger partial charge in [0.25, 0.3) is 0 Å². The van der Waals surface area contributed by atoms with Gasteiger partial charge >= 0.3 is 0 Å². The van der Waals surface area contributed by atoms with Crippen LogP contribution in [0.15, 0.2) is 91.0 Å². The van der Waals surface area contributed by atoms with Gasteiger partial charge < -0.3 is 0 Å². The van der Waals surface area contributed by atoms with E-state index in [1.807, 2.05) is 0 Å². The minimum absolute atomic E-state index is 0.923. The molecule has 1 heteroatoms. The molecule has 1 nitrogen and oxygen atoms in total. The lowest BCUT2D eigenvalue weighted by Crippen LogP contribution is -2.18. The van der Waals surface area contributed by atoms with E-state index in [0.717, 1.165) is 13.1 Å². The van der Waals surface area contributed by atoms with Crippen LogP contribution in [0.4, 0.5) is 0 Å². The smallest absolute Gasteiger partial charge is 0.0246 e. The van der Waals surface area contributed by atoms with E-state index in [1.165, 1.54) is 32.7 Å². The normalized spacial score (nSPS) is 11.8. The van der Waals surface area contributed by atoms with Crippen LogP contribution in [0.25, 0.3) is 27.6 Å². The Bertz CT molecular complexity index is 993. The summed E-state index contributed by atoms with van der Waals surface area (Å²) in [6, 6.07) is 30.2. The second-order valence-corrected chi connectivity index (χ2v) is 6.81. The maximum atomic E-state index is 2.37. The number of benzene rings is 4. The Morgan fingerprint density at radius 2 is 1.31 bits per heavy atom. The lowest BCUT2D eigenvalue weighted by Gasteiger charge is -2.18. The Labute approximate surface area is 155 Å². The molecule has 0 aliphatic carbocycles. The zero-order valence-electron chi connectivity index (χ0n) is 15.1. The predicted octanol–water partition coefficient (Wildman–Crippen LogP) is 6.14.